The lowest BCUT2D eigenvalue weighted by atomic mass is 9.90. The minimum atomic E-state index is -0.755. The summed E-state index contributed by atoms with van der Waals surface area (Å²) in [6.45, 7) is 2.47. The summed E-state index contributed by atoms with van der Waals surface area (Å²) in [6.07, 6.45) is 2.31. The third kappa shape index (κ3) is 3.10. The van der Waals surface area contributed by atoms with Crippen molar-refractivity contribution in [2.24, 2.45) is 0 Å². The van der Waals surface area contributed by atoms with Crippen LogP contribution in [0.3, 0.4) is 0 Å². The molecule has 1 unspecified atom stereocenters. The number of carboxylic acids is 1. The van der Waals surface area contributed by atoms with Gasteiger partial charge in [0.1, 0.15) is 5.54 Å². The van der Waals surface area contributed by atoms with Crippen LogP contribution in [0.25, 0.3) is 0 Å². The highest BCUT2D eigenvalue weighted by Gasteiger charge is 2.38. The zero-order chi connectivity index (χ0) is 13.0. The van der Waals surface area contributed by atoms with E-state index in [4.69, 9.17) is 0 Å². The third-order valence-corrected chi connectivity index (χ3v) is 4.53. The van der Waals surface area contributed by atoms with E-state index >= 15 is 0 Å². The van der Waals surface area contributed by atoms with Gasteiger partial charge in [0, 0.05) is 18.0 Å². The zero-order valence-corrected chi connectivity index (χ0v) is 11.5. The molecule has 1 saturated heterocycles. The Morgan fingerprint density at radius 1 is 1.56 bits per heavy atom. The molecule has 0 amide bonds. The van der Waals surface area contributed by atoms with Gasteiger partial charge in [0.25, 0.3) is 0 Å². The molecule has 0 saturated carbocycles. The van der Waals surface area contributed by atoms with E-state index in [1.165, 1.54) is 4.88 Å². The minimum absolute atomic E-state index is 0.647. The summed E-state index contributed by atoms with van der Waals surface area (Å²) in [6, 6.07) is 4.03. The molecule has 5 heteroatoms. The highest BCUT2D eigenvalue weighted by molar-refractivity contribution is 7.09. The molecule has 1 atom stereocenters. The molecule has 0 aliphatic carbocycles. The van der Waals surface area contributed by atoms with E-state index < -0.39 is 11.5 Å². The molecular weight excluding hydrogens is 248 g/mol. The Balaban J connectivity index is 2.04. The Hall–Kier alpha value is -0.910. The van der Waals surface area contributed by atoms with Gasteiger partial charge in [-0.3, -0.25) is 10.1 Å². The first-order valence-corrected chi connectivity index (χ1v) is 7.20. The van der Waals surface area contributed by atoms with E-state index in [-0.39, 0.29) is 0 Å². The number of hydrogen-bond donors (Lipinski definition) is 2. The number of rotatable bonds is 4. The summed E-state index contributed by atoms with van der Waals surface area (Å²) in [4.78, 5) is 15.0. The Morgan fingerprint density at radius 2 is 2.39 bits per heavy atom. The number of thiophene rings is 1. The minimum Gasteiger partial charge on any atom is -0.480 e. The monoisotopic (exact) mass is 268 g/mol. The van der Waals surface area contributed by atoms with Crippen LogP contribution in [0.5, 0.6) is 0 Å². The van der Waals surface area contributed by atoms with Gasteiger partial charge in [-0.05, 0) is 44.3 Å². The molecule has 1 aromatic rings. The predicted octanol–water partition coefficient (Wildman–Crippen LogP) is 1.78. The fourth-order valence-electron chi connectivity index (χ4n) is 2.41. The number of carbonyl (C=O) groups is 1. The molecule has 0 spiro atoms. The Morgan fingerprint density at radius 3 is 3.06 bits per heavy atom. The Bertz CT molecular complexity index is 394. The predicted molar refractivity (Wildman–Crippen MR) is 72.9 cm³/mol. The molecule has 18 heavy (non-hydrogen) atoms. The second-order valence-corrected chi connectivity index (χ2v) is 6.01. The number of aliphatic carboxylic acids is 1. The lowest BCUT2D eigenvalue weighted by molar-refractivity contribution is -0.145. The van der Waals surface area contributed by atoms with E-state index in [2.05, 4.69) is 17.3 Å². The summed E-state index contributed by atoms with van der Waals surface area (Å²) in [7, 11) is 2.05. The van der Waals surface area contributed by atoms with Crippen LogP contribution < -0.4 is 5.32 Å². The van der Waals surface area contributed by atoms with Crippen molar-refractivity contribution in [3.63, 3.8) is 0 Å². The van der Waals surface area contributed by atoms with Gasteiger partial charge in [-0.1, -0.05) is 6.07 Å². The number of carboxylic acid groups (broad SMARTS) is 1. The summed E-state index contributed by atoms with van der Waals surface area (Å²) in [5.74, 6) is -0.714. The molecule has 1 aliphatic heterocycles. The van der Waals surface area contributed by atoms with Crippen LogP contribution in [0.2, 0.25) is 0 Å². The summed E-state index contributed by atoms with van der Waals surface area (Å²) in [5.41, 5.74) is -0.755. The first-order valence-electron chi connectivity index (χ1n) is 6.32. The molecule has 2 heterocycles. The second kappa shape index (κ2) is 5.82. The average Bonchev–Trinajstić information content (AvgIpc) is 2.77. The quantitative estimate of drug-likeness (QED) is 0.874. The molecule has 2 rings (SSSR count). The van der Waals surface area contributed by atoms with Crippen molar-refractivity contribution in [3.8, 4) is 0 Å². The number of nitrogens with zero attached hydrogens (tertiary/aromatic N) is 1. The van der Waals surface area contributed by atoms with Crippen LogP contribution >= 0.6 is 11.3 Å². The molecule has 2 N–H and O–H groups in total. The van der Waals surface area contributed by atoms with Crippen LogP contribution in [-0.2, 0) is 11.3 Å². The van der Waals surface area contributed by atoms with Crippen LogP contribution in [0, 0.1) is 0 Å². The van der Waals surface area contributed by atoms with Crippen molar-refractivity contribution in [2.75, 3.05) is 20.1 Å². The zero-order valence-electron chi connectivity index (χ0n) is 10.7. The normalized spacial score (nSPS) is 25.8. The van der Waals surface area contributed by atoms with Gasteiger partial charge in [-0.2, -0.15) is 0 Å². The van der Waals surface area contributed by atoms with Gasteiger partial charge in [-0.15, -0.1) is 11.3 Å². The first kappa shape index (κ1) is 13.5. The van der Waals surface area contributed by atoms with E-state index in [9.17, 15) is 9.90 Å². The van der Waals surface area contributed by atoms with Gasteiger partial charge < -0.3 is 10.0 Å². The van der Waals surface area contributed by atoms with Gasteiger partial charge in [0.05, 0.1) is 0 Å². The van der Waals surface area contributed by atoms with Crippen molar-refractivity contribution >= 4 is 17.3 Å². The van der Waals surface area contributed by atoms with Crippen molar-refractivity contribution < 1.29 is 9.90 Å². The number of hydrogen-bond acceptors (Lipinski definition) is 4. The molecule has 0 aromatic carbocycles. The van der Waals surface area contributed by atoms with Crippen LogP contribution in [-0.4, -0.2) is 41.7 Å². The molecule has 0 bridgehead atoms. The SMILES string of the molecule is CN1CCCC(NCc2cccs2)(C(=O)O)CC1. The van der Waals surface area contributed by atoms with Crippen molar-refractivity contribution in [2.45, 2.75) is 31.3 Å². The van der Waals surface area contributed by atoms with E-state index in [0.29, 0.717) is 19.4 Å². The van der Waals surface area contributed by atoms with Crippen LogP contribution in [0.4, 0.5) is 0 Å². The Labute approximate surface area is 112 Å². The van der Waals surface area contributed by atoms with E-state index in [0.717, 1.165) is 19.5 Å². The maximum Gasteiger partial charge on any atom is 0.323 e. The molecule has 100 valence electrons. The average molecular weight is 268 g/mol. The van der Waals surface area contributed by atoms with Crippen LogP contribution in [0.1, 0.15) is 24.1 Å². The van der Waals surface area contributed by atoms with Crippen molar-refractivity contribution in [1.29, 1.82) is 0 Å². The van der Waals surface area contributed by atoms with Crippen molar-refractivity contribution in [3.05, 3.63) is 22.4 Å². The fourth-order valence-corrected chi connectivity index (χ4v) is 3.05. The first-order chi connectivity index (χ1) is 8.62. The van der Waals surface area contributed by atoms with E-state index in [1.54, 1.807) is 11.3 Å². The maximum absolute atomic E-state index is 11.6. The molecule has 0 radical (unpaired) electrons. The van der Waals surface area contributed by atoms with Gasteiger partial charge >= 0.3 is 5.97 Å². The molecule has 1 fully saturated rings. The number of likely N-dealkylation sites (tertiary alicyclic amines) is 1. The summed E-state index contributed by atoms with van der Waals surface area (Å²) >= 11 is 1.66. The maximum atomic E-state index is 11.6. The highest BCUT2D eigenvalue weighted by atomic mass is 32.1. The van der Waals surface area contributed by atoms with Gasteiger partial charge in [0.2, 0.25) is 0 Å². The van der Waals surface area contributed by atoms with E-state index in [1.807, 2.05) is 17.5 Å². The summed E-state index contributed by atoms with van der Waals surface area (Å²) in [5, 5.41) is 14.9. The van der Waals surface area contributed by atoms with Gasteiger partial charge in [-0.25, -0.2) is 0 Å². The van der Waals surface area contributed by atoms with Crippen molar-refractivity contribution in [1.82, 2.24) is 10.2 Å². The summed E-state index contributed by atoms with van der Waals surface area (Å²) < 4.78 is 0. The van der Waals surface area contributed by atoms with Gasteiger partial charge in [0.15, 0.2) is 0 Å². The largest absolute Gasteiger partial charge is 0.480 e. The molecule has 1 aliphatic rings. The second-order valence-electron chi connectivity index (χ2n) is 4.98. The lowest BCUT2D eigenvalue weighted by Gasteiger charge is -2.29. The standard InChI is InChI=1S/C13H20N2O2S/c1-15-7-3-5-13(6-8-15,12(16)17)14-10-11-4-2-9-18-11/h2,4,9,14H,3,5-8,10H2,1H3,(H,16,17). The molecule has 1 aromatic heterocycles. The molecule has 4 nitrogen and oxygen atoms in total. The number of nitrogens with one attached hydrogen (secondary N) is 1. The molecular formula is C13H20N2O2S. The topological polar surface area (TPSA) is 52.6 Å². The fraction of sp³-hybridized carbons (Fsp3) is 0.615. The van der Waals surface area contributed by atoms with Crippen LogP contribution in [0.15, 0.2) is 17.5 Å². The highest BCUT2D eigenvalue weighted by Crippen LogP contribution is 2.23. The Kier molecular flexibility index (Phi) is 4.37. The third-order valence-electron chi connectivity index (χ3n) is 3.65. The lowest BCUT2D eigenvalue weighted by Crippen LogP contribution is -2.52. The smallest absolute Gasteiger partial charge is 0.323 e.